The topological polar surface area (TPSA) is 50.9 Å². The fourth-order valence-electron chi connectivity index (χ4n) is 0.951. The zero-order chi connectivity index (χ0) is 9.14. The molecule has 1 heterocycles. The van der Waals surface area contributed by atoms with Gasteiger partial charge in [0.15, 0.2) is 5.11 Å². The second-order valence-corrected chi connectivity index (χ2v) is 3.01. The van der Waals surface area contributed by atoms with Crippen LogP contribution in [0, 0.1) is 13.8 Å². The van der Waals surface area contributed by atoms with E-state index in [0.717, 1.165) is 17.1 Å². The first-order valence-corrected chi connectivity index (χ1v) is 4.01. The molecule has 0 aromatic carbocycles. The lowest BCUT2D eigenvalue weighted by atomic mass is 10.3. The van der Waals surface area contributed by atoms with Gasteiger partial charge in [-0.25, -0.2) is 0 Å². The number of aromatic nitrogens is 1. The maximum atomic E-state index is 5.32. The fraction of sp³-hybridized carbons (Fsp3) is 0.250. The number of thiocarbonyl (C=S) groups is 1. The van der Waals surface area contributed by atoms with Gasteiger partial charge >= 0.3 is 0 Å². The largest absolute Gasteiger partial charge is 0.376 e. The van der Waals surface area contributed by atoms with Gasteiger partial charge in [-0.15, -0.1) is 0 Å². The molecule has 0 fully saturated rings. The Labute approximate surface area is 77.0 Å². The van der Waals surface area contributed by atoms with Crippen LogP contribution in [0.5, 0.6) is 0 Å². The Morgan fingerprint density at radius 1 is 1.50 bits per heavy atom. The van der Waals surface area contributed by atoms with Crippen molar-refractivity contribution in [3.63, 3.8) is 0 Å². The summed E-state index contributed by atoms with van der Waals surface area (Å²) >= 11 is 4.71. The van der Waals surface area contributed by atoms with Gasteiger partial charge in [-0.2, -0.15) is 0 Å². The summed E-state index contributed by atoms with van der Waals surface area (Å²) in [6.07, 6.45) is 0. The zero-order valence-electron chi connectivity index (χ0n) is 7.09. The van der Waals surface area contributed by atoms with Gasteiger partial charge in [0.1, 0.15) is 0 Å². The van der Waals surface area contributed by atoms with Crippen LogP contribution in [-0.2, 0) is 0 Å². The molecule has 0 aliphatic heterocycles. The minimum Gasteiger partial charge on any atom is -0.376 e. The maximum Gasteiger partial charge on any atom is 0.168 e. The van der Waals surface area contributed by atoms with Crippen LogP contribution in [0.15, 0.2) is 12.1 Å². The fourth-order valence-corrected chi connectivity index (χ4v) is 1.06. The van der Waals surface area contributed by atoms with Crippen LogP contribution in [-0.4, -0.2) is 10.1 Å². The molecule has 0 saturated heterocycles. The Kier molecular flexibility index (Phi) is 2.60. The SMILES string of the molecule is Cc1ccc(NC(N)=S)c(C)n1. The first kappa shape index (κ1) is 8.93. The van der Waals surface area contributed by atoms with Gasteiger partial charge in [0.25, 0.3) is 0 Å². The molecule has 3 nitrogen and oxygen atoms in total. The van der Waals surface area contributed by atoms with Gasteiger partial charge in [0, 0.05) is 5.69 Å². The van der Waals surface area contributed by atoms with Gasteiger partial charge in [-0.1, -0.05) is 0 Å². The van der Waals surface area contributed by atoms with E-state index in [-0.39, 0.29) is 5.11 Å². The van der Waals surface area contributed by atoms with Crippen molar-refractivity contribution >= 4 is 23.0 Å². The lowest BCUT2D eigenvalue weighted by molar-refractivity contribution is 1.13. The van der Waals surface area contributed by atoms with Crippen molar-refractivity contribution in [2.75, 3.05) is 5.32 Å². The van der Waals surface area contributed by atoms with Crippen molar-refractivity contribution in [1.29, 1.82) is 0 Å². The normalized spacial score (nSPS) is 9.50. The van der Waals surface area contributed by atoms with E-state index >= 15 is 0 Å². The number of rotatable bonds is 1. The molecule has 1 aromatic rings. The van der Waals surface area contributed by atoms with Gasteiger partial charge in [-0.05, 0) is 38.2 Å². The monoisotopic (exact) mass is 181 g/mol. The van der Waals surface area contributed by atoms with Crippen molar-refractivity contribution in [2.24, 2.45) is 5.73 Å². The third-order valence-corrected chi connectivity index (χ3v) is 1.58. The molecule has 0 amide bonds. The highest BCUT2D eigenvalue weighted by atomic mass is 32.1. The molecule has 1 rings (SSSR count). The lowest BCUT2D eigenvalue weighted by Crippen LogP contribution is -2.19. The van der Waals surface area contributed by atoms with Gasteiger partial charge in [0.2, 0.25) is 0 Å². The standard InChI is InChI=1S/C8H11N3S/c1-5-3-4-7(6(2)10-5)11-8(9)12/h3-4H,1-2H3,(H3,9,11,12). The van der Waals surface area contributed by atoms with E-state index in [9.17, 15) is 0 Å². The molecule has 4 heteroatoms. The molecule has 0 atom stereocenters. The highest BCUT2D eigenvalue weighted by Gasteiger charge is 1.98. The predicted molar refractivity (Wildman–Crippen MR) is 54.1 cm³/mol. The van der Waals surface area contributed by atoms with Crippen molar-refractivity contribution in [1.82, 2.24) is 4.98 Å². The minimum atomic E-state index is 0.267. The third-order valence-electron chi connectivity index (χ3n) is 1.48. The average molecular weight is 181 g/mol. The number of nitrogens with one attached hydrogen (secondary N) is 1. The quantitative estimate of drug-likeness (QED) is 0.642. The zero-order valence-corrected chi connectivity index (χ0v) is 7.90. The molecule has 0 aliphatic rings. The smallest absolute Gasteiger partial charge is 0.168 e. The Bertz CT molecular complexity index is 309. The molecule has 64 valence electrons. The third kappa shape index (κ3) is 2.17. The highest BCUT2D eigenvalue weighted by Crippen LogP contribution is 2.11. The van der Waals surface area contributed by atoms with Crippen LogP contribution in [0.1, 0.15) is 11.4 Å². The predicted octanol–water partition coefficient (Wildman–Crippen LogP) is 1.35. The molecule has 0 radical (unpaired) electrons. The van der Waals surface area contributed by atoms with E-state index in [0.29, 0.717) is 0 Å². The van der Waals surface area contributed by atoms with E-state index in [1.807, 2.05) is 26.0 Å². The summed E-state index contributed by atoms with van der Waals surface area (Å²) in [4.78, 5) is 4.25. The van der Waals surface area contributed by atoms with Crippen LogP contribution >= 0.6 is 12.2 Å². The molecule has 0 saturated carbocycles. The summed E-state index contributed by atoms with van der Waals surface area (Å²) < 4.78 is 0. The first-order valence-electron chi connectivity index (χ1n) is 3.60. The van der Waals surface area contributed by atoms with Crippen LogP contribution in [0.4, 0.5) is 5.69 Å². The number of nitrogens with zero attached hydrogens (tertiary/aromatic N) is 1. The molecule has 0 aliphatic carbocycles. The van der Waals surface area contributed by atoms with Gasteiger partial charge in [-0.3, -0.25) is 4.98 Å². The Morgan fingerprint density at radius 2 is 2.17 bits per heavy atom. The second-order valence-electron chi connectivity index (χ2n) is 2.57. The lowest BCUT2D eigenvalue weighted by Gasteiger charge is -2.06. The van der Waals surface area contributed by atoms with Gasteiger partial charge in [0.05, 0.1) is 11.4 Å². The molecule has 12 heavy (non-hydrogen) atoms. The highest BCUT2D eigenvalue weighted by molar-refractivity contribution is 7.80. The van der Waals surface area contributed by atoms with Gasteiger partial charge < -0.3 is 11.1 Å². The van der Waals surface area contributed by atoms with Crippen molar-refractivity contribution in [3.8, 4) is 0 Å². The second kappa shape index (κ2) is 3.49. The average Bonchev–Trinajstić information content (AvgIpc) is 1.94. The molecule has 0 spiro atoms. The Balaban J connectivity index is 2.93. The van der Waals surface area contributed by atoms with Crippen LogP contribution in [0.3, 0.4) is 0 Å². The summed E-state index contributed by atoms with van der Waals surface area (Å²) in [5.41, 5.74) is 8.08. The molecular formula is C8H11N3S. The Morgan fingerprint density at radius 3 is 2.67 bits per heavy atom. The van der Waals surface area contributed by atoms with Crippen molar-refractivity contribution in [2.45, 2.75) is 13.8 Å². The number of aryl methyl sites for hydroxylation is 2. The summed E-state index contributed by atoms with van der Waals surface area (Å²) in [5.74, 6) is 0. The molecular weight excluding hydrogens is 170 g/mol. The van der Waals surface area contributed by atoms with E-state index in [2.05, 4.69) is 10.3 Å². The van der Waals surface area contributed by atoms with Crippen molar-refractivity contribution in [3.05, 3.63) is 23.5 Å². The summed E-state index contributed by atoms with van der Waals surface area (Å²) in [6.45, 7) is 3.85. The van der Waals surface area contributed by atoms with Crippen LogP contribution in [0.2, 0.25) is 0 Å². The van der Waals surface area contributed by atoms with E-state index < -0.39 is 0 Å². The molecule has 1 aromatic heterocycles. The van der Waals surface area contributed by atoms with E-state index in [1.54, 1.807) is 0 Å². The maximum absolute atomic E-state index is 5.32. The number of pyridine rings is 1. The molecule has 0 unspecified atom stereocenters. The van der Waals surface area contributed by atoms with E-state index in [4.69, 9.17) is 18.0 Å². The summed E-state index contributed by atoms with van der Waals surface area (Å²) in [5, 5.41) is 3.11. The van der Waals surface area contributed by atoms with E-state index in [1.165, 1.54) is 0 Å². The summed E-state index contributed by atoms with van der Waals surface area (Å²) in [6, 6.07) is 3.82. The molecule has 3 N–H and O–H groups in total. The minimum absolute atomic E-state index is 0.267. The van der Waals surface area contributed by atoms with Crippen LogP contribution in [0.25, 0.3) is 0 Å². The van der Waals surface area contributed by atoms with Crippen molar-refractivity contribution < 1.29 is 0 Å². The van der Waals surface area contributed by atoms with Crippen LogP contribution < -0.4 is 11.1 Å². The number of hydrogen-bond acceptors (Lipinski definition) is 2. The first-order chi connectivity index (χ1) is 5.59. The number of nitrogens with two attached hydrogens (primary N) is 1. The number of hydrogen-bond donors (Lipinski definition) is 2. The Hall–Kier alpha value is -1.16. The number of anilines is 1. The molecule has 0 bridgehead atoms. The summed E-state index contributed by atoms with van der Waals surface area (Å²) in [7, 11) is 0.